The minimum atomic E-state index is 0.385. The van der Waals surface area contributed by atoms with Crippen molar-refractivity contribution in [2.75, 3.05) is 7.11 Å². The van der Waals surface area contributed by atoms with Crippen LogP contribution in [0.25, 0.3) is 33.3 Å². The Bertz CT molecular complexity index is 1280. The Morgan fingerprint density at radius 1 is 0.897 bits per heavy atom. The number of pyridine rings is 1. The average Bonchev–Trinajstić information content (AvgIpc) is 3.21. The van der Waals surface area contributed by atoms with Crippen LogP contribution in [-0.2, 0) is 6.61 Å². The molecule has 0 saturated carbocycles. The zero-order chi connectivity index (χ0) is 19.6. The molecule has 2 aromatic heterocycles. The molecule has 1 N–H and O–H groups in total. The quantitative estimate of drug-likeness (QED) is 0.445. The number of benzene rings is 3. The number of hydrogen-bond acceptors (Lipinski definition) is 4. The van der Waals surface area contributed by atoms with Gasteiger partial charge in [0, 0.05) is 28.8 Å². The van der Waals surface area contributed by atoms with Gasteiger partial charge in [-0.15, -0.1) is 0 Å². The molecule has 0 fully saturated rings. The van der Waals surface area contributed by atoms with E-state index in [1.807, 2.05) is 66.7 Å². The molecule has 0 atom stereocenters. The molecule has 5 heteroatoms. The fraction of sp³-hybridized carbons (Fsp3) is 0.0833. The first-order chi connectivity index (χ1) is 14.3. The molecule has 5 nitrogen and oxygen atoms in total. The molecular formula is C24H19N3O2. The molecule has 0 aliphatic rings. The number of H-pyrrole nitrogens is 1. The number of fused-ring (bicyclic) bond motifs is 2. The van der Waals surface area contributed by atoms with Crippen LogP contribution in [0.4, 0.5) is 0 Å². The van der Waals surface area contributed by atoms with Crippen LogP contribution < -0.4 is 9.47 Å². The molecule has 29 heavy (non-hydrogen) atoms. The van der Waals surface area contributed by atoms with Crippen LogP contribution in [0, 0.1) is 0 Å². The Morgan fingerprint density at radius 2 is 1.83 bits per heavy atom. The van der Waals surface area contributed by atoms with Crippen molar-refractivity contribution in [3.63, 3.8) is 0 Å². The van der Waals surface area contributed by atoms with Crippen molar-refractivity contribution in [1.29, 1.82) is 0 Å². The summed E-state index contributed by atoms with van der Waals surface area (Å²) in [6.07, 6.45) is 1.78. The monoisotopic (exact) mass is 381 g/mol. The number of aromatic nitrogens is 3. The number of ether oxygens (including phenoxy) is 2. The number of para-hydroxylation sites is 2. The molecule has 3 aromatic carbocycles. The predicted molar refractivity (Wildman–Crippen MR) is 114 cm³/mol. The van der Waals surface area contributed by atoms with Gasteiger partial charge in [0.05, 0.1) is 23.7 Å². The van der Waals surface area contributed by atoms with Crippen molar-refractivity contribution in [2.45, 2.75) is 6.61 Å². The third-order valence-electron chi connectivity index (χ3n) is 4.91. The van der Waals surface area contributed by atoms with Gasteiger partial charge in [0.1, 0.15) is 23.9 Å². The van der Waals surface area contributed by atoms with Crippen molar-refractivity contribution in [3.8, 4) is 22.9 Å². The van der Waals surface area contributed by atoms with E-state index in [2.05, 4.69) is 21.0 Å². The third kappa shape index (κ3) is 3.38. The molecule has 0 bridgehead atoms. The summed E-state index contributed by atoms with van der Waals surface area (Å²) < 4.78 is 11.6. The first kappa shape index (κ1) is 17.3. The maximum atomic E-state index is 6.04. The van der Waals surface area contributed by atoms with Crippen LogP contribution >= 0.6 is 0 Å². The van der Waals surface area contributed by atoms with E-state index in [0.29, 0.717) is 6.61 Å². The van der Waals surface area contributed by atoms with E-state index >= 15 is 0 Å². The minimum Gasteiger partial charge on any atom is -0.496 e. The molecule has 2 heterocycles. The van der Waals surface area contributed by atoms with E-state index in [-0.39, 0.29) is 0 Å². The summed E-state index contributed by atoms with van der Waals surface area (Å²) in [6, 6.07) is 23.9. The highest BCUT2D eigenvalue weighted by atomic mass is 16.5. The number of nitrogens with zero attached hydrogens (tertiary/aromatic N) is 2. The van der Waals surface area contributed by atoms with E-state index < -0.39 is 0 Å². The Labute approximate surface area is 168 Å². The zero-order valence-corrected chi connectivity index (χ0v) is 15.9. The predicted octanol–water partition coefficient (Wildman–Crippen LogP) is 5.37. The highest BCUT2D eigenvalue weighted by molar-refractivity contribution is 5.80. The number of aromatic amines is 1. The van der Waals surface area contributed by atoms with Crippen molar-refractivity contribution in [3.05, 3.63) is 84.6 Å². The van der Waals surface area contributed by atoms with Gasteiger partial charge in [0.15, 0.2) is 0 Å². The van der Waals surface area contributed by atoms with Crippen LogP contribution in [0.3, 0.4) is 0 Å². The Balaban J connectivity index is 1.44. The lowest BCUT2D eigenvalue weighted by Gasteiger charge is -2.12. The lowest BCUT2D eigenvalue weighted by molar-refractivity contribution is 0.297. The maximum absolute atomic E-state index is 6.04. The number of rotatable bonds is 5. The molecular weight excluding hydrogens is 362 g/mol. The molecule has 142 valence electrons. The standard InChI is InChI=1S/C24H19N3O2/c1-28-23-11-9-17(24-26-20-6-2-3-7-21(20)27-24)13-18(23)15-29-19-10-8-16-5-4-12-25-22(16)14-19/h2-14H,15H2,1H3,(H,26,27). The fourth-order valence-corrected chi connectivity index (χ4v) is 3.43. The summed E-state index contributed by atoms with van der Waals surface area (Å²) in [6.45, 7) is 0.385. The van der Waals surface area contributed by atoms with Gasteiger partial charge in [0.2, 0.25) is 0 Å². The highest BCUT2D eigenvalue weighted by Crippen LogP contribution is 2.28. The summed E-state index contributed by atoms with van der Waals surface area (Å²) in [5, 5.41) is 1.09. The molecule has 0 aliphatic heterocycles. The second-order valence-electron chi connectivity index (χ2n) is 6.78. The first-order valence-electron chi connectivity index (χ1n) is 9.40. The van der Waals surface area contributed by atoms with E-state index in [4.69, 9.17) is 9.47 Å². The number of methoxy groups -OCH3 is 1. The Morgan fingerprint density at radius 3 is 2.72 bits per heavy atom. The van der Waals surface area contributed by atoms with Gasteiger partial charge < -0.3 is 14.5 Å². The molecule has 0 radical (unpaired) electrons. The van der Waals surface area contributed by atoms with E-state index in [9.17, 15) is 0 Å². The Kier molecular flexibility index (Phi) is 4.33. The van der Waals surface area contributed by atoms with Crippen molar-refractivity contribution in [1.82, 2.24) is 15.0 Å². The number of hydrogen-bond donors (Lipinski definition) is 1. The van der Waals surface area contributed by atoms with Gasteiger partial charge in [-0.2, -0.15) is 0 Å². The van der Waals surface area contributed by atoms with Gasteiger partial charge >= 0.3 is 0 Å². The normalized spacial score (nSPS) is 11.1. The van der Waals surface area contributed by atoms with Gasteiger partial charge in [-0.05, 0) is 48.5 Å². The molecule has 0 unspecified atom stereocenters. The van der Waals surface area contributed by atoms with Crippen LogP contribution in [-0.4, -0.2) is 22.1 Å². The summed E-state index contributed by atoms with van der Waals surface area (Å²) in [7, 11) is 1.67. The molecule has 0 aliphatic carbocycles. The van der Waals surface area contributed by atoms with Gasteiger partial charge in [-0.25, -0.2) is 4.98 Å². The topological polar surface area (TPSA) is 60.0 Å². The van der Waals surface area contributed by atoms with E-state index in [1.165, 1.54) is 0 Å². The second-order valence-corrected chi connectivity index (χ2v) is 6.78. The van der Waals surface area contributed by atoms with Crippen molar-refractivity contribution in [2.24, 2.45) is 0 Å². The van der Waals surface area contributed by atoms with Gasteiger partial charge in [-0.3, -0.25) is 4.98 Å². The van der Waals surface area contributed by atoms with E-state index in [1.54, 1.807) is 13.3 Å². The largest absolute Gasteiger partial charge is 0.496 e. The zero-order valence-electron chi connectivity index (χ0n) is 15.9. The van der Waals surface area contributed by atoms with Gasteiger partial charge in [0.25, 0.3) is 0 Å². The summed E-state index contributed by atoms with van der Waals surface area (Å²) in [5.41, 5.74) is 4.81. The van der Waals surface area contributed by atoms with Gasteiger partial charge in [-0.1, -0.05) is 18.2 Å². The average molecular weight is 381 g/mol. The summed E-state index contributed by atoms with van der Waals surface area (Å²) >= 11 is 0. The summed E-state index contributed by atoms with van der Waals surface area (Å²) in [5.74, 6) is 2.38. The number of imidazole rings is 1. The smallest absolute Gasteiger partial charge is 0.138 e. The second kappa shape index (κ2) is 7.28. The molecule has 5 aromatic rings. The molecule has 0 amide bonds. The minimum absolute atomic E-state index is 0.385. The number of nitrogens with one attached hydrogen (secondary N) is 1. The van der Waals surface area contributed by atoms with Crippen molar-refractivity contribution < 1.29 is 9.47 Å². The molecule has 0 spiro atoms. The van der Waals surface area contributed by atoms with Crippen LogP contribution in [0.15, 0.2) is 79.0 Å². The summed E-state index contributed by atoms with van der Waals surface area (Å²) in [4.78, 5) is 12.4. The van der Waals surface area contributed by atoms with Crippen molar-refractivity contribution >= 4 is 21.9 Å². The SMILES string of the molecule is COc1ccc(-c2nc3ccccc3[nH]2)cc1COc1ccc2cccnc2c1. The highest BCUT2D eigenvalue weighted by Gasteiger charge is 2.10. The Hall–Kier alpha value is -3.86. The molecule has 0 saturated heterocycles. The maximum Gasteiger partial charge on any atom is 0.138 e. The fourth-order valence-electron chi connectivity index (χ4n) is 3.43. The molecule has 5 rings (SSSR count). The lowest BCUT2D eigenvalue weighted by Crippen LogP contribution is -1.99. The van der Waals surface area contributed by atoms with Crippen LogP contribution in [0.5, 0.6) is 11.5 Å². The van der Waals surface area contributed by atoms with Crippen LogP contribution in [0.2, 0.25) is 0 Å². The third-order valence-corrected chi connectivity index (χ3v) is 4.91. The van der Waals surface area contributed by atoms with Crippen LogP contribution in [0.1, 0.15) is 5.56 Å². The first-order valence-corrected chi connectivity index (χ1v) is 9.40. The lowest BCUT2D eigenvalue weighted by atomic mass is 10.1. The van der Waals surface area contributed by atoms with E-state index in [0.717, 1.165) is 50.4 Å².